The second kappa shape index (κ2) is 3.10. The van der Waals surface area contributed by atoms with E-state index in [1.165, 1.54) is 6.39 Å². The molecule has 0 spiro atoms. The molecule has 0 bridgehead atoms. The predicted octanol–water partition coefficient (Wildman–Crippen LogP) is 1.49. The van der Waals surface area contributed by atoms with Crippen molar-refractivity contribution in [3.63, 3.8) is 0 Å². The number of aromatic amines is 1. The Morgan fingerprint density at radius 1 is 1.50 bits per heavy atom. The Morgan fingerprint density at radius 2 is 2.29 bits per heavy atom. The van der Waals surface area contributed by atoms with E-state index < -0.39 is 0 Å². The van der Waals surface area contributed by atoms with E-state index in [1.54, 1.807) is 0 Å². The molecule has 5 heteroatoms. The normalized spacial score (nSPS) is 10.4. The van der Waals surface area contributed by atoms with Crippen molar-refractivity contribution < 1.29 is 9.21 Å². The SMILES string of the molecule is Cc1[nH]c(-c2nnco2)c(C)c1C=O. The first-order chi connectivity index (χ1) is 6.74. The van der Waals surface area contributed by atoms with Gasteiger partial charge in [0.15, 0.2) is 6.29 Å². The summed E-state index contributed by atoms with van der Waals surface area (Å²) in [7, 11) is 0. The van der Waals surface area contributed by atoms with Gasteiger partial charge in [0.25, 0.3) is 5.89 Å². The number of carbonyl (C=O) groups is 1. The van der Waals surface area contributed by atoms with Crippen molar-refractivity contribution in [2.24, 2.45) is 0 Å². The summed E-state index contributed by atoms with van der Waals surface area (Å²) < 4.78 is 5.04. The van der Waals surface area contributed by atoms with Gasteiger partial charge in [-0.3, -0.25) is 4.79 Å². The van der Waals surface area contributed by atoms with Gasteiger partial charge < -0.3 is 9.40 Å². The minimum atomic E-state index is 0.402. The molecule has 2 rings (SSSR count). The number of hydrogen-bond acceptors (Lipinski definition) is 4. The Kier molecular flexibility index (Phi) is 1.92. The number of H-pyrrole nitrogens is 1. The standard InChI is InChI=1S/C9H9N3O2/c1-5-7(3-13)6(2)11-8(5)9-12-10-4-14-9/h3-4,11H,1-2H3. The molecule has 0 aromatic carbocycles. The average molecular weight is 191 g/mol. The van der Waals surface area contributed by atoms with Gasteiger partial charge in [-0.05, 0) is 19.4 Å². The van der Waals surface area contributed by atoms with Crippen LogP contribution in [0.15, 0.2) is 10.8 Å². The molecule has 0 aliphatic rings. The van der Waals surface area contributed by atoms with Gasteiger partial charge in [-0.1, -0.05) is 0 Å². The number of carbonyl (C=O) groups excluding carboxylic acids is 1. The fraction of sp³-hybridized carbons (Fsp3) is 0.222. The van der Waals surface area contributed by atoms with Crippen LogP contribution < -0.4 is 0 Å². The van der Waals surface area contributed by atoms with Crippen LogP contribution in [-0.2, 0) is 0 Å². The molecule has 2 heterocycles. The third kappa shape index (κ3) is 1.14. The molecule has 0 aliphatic heterocycles. The molecule has 0 radical (unpaired) electrons. The zero-order valence-corrected chi connectivity index (χ0v) is 7.87. The van der Waals surface area contributed by atoms with Crippen molar-refractivity contribution >= 4 is 6.29 Å². The molecule has 0 saturated heterocycles. The molecule has 2 aromatic rings. The number of nitrogens with one attached hydrogen (secondary N) is 1. The summed E-state index contributed by atoms with van der Waals surface area (Å²) in [5.74, 6) is 0.402. The van der Waals surface area contributed by atoms with Gasteiger partial charge in [-0.25, -0.2) is 0 Å². The second-order valence-electron chi connectivity index (χ2n) is 3.03. The van der Waals surface area contributed by atoms with E-state index in [1.807, 2.05) is 13.8 Å². The van der Waals surface area contributed by atoms with Crippen LogP contribution in [0.2, 0.25) is 0 Å². The highest BCUT2D eigenvalue weighted by Gasteiger charge is 2.15. The number of aryl methyl sites for hydroxylation is 1. The highest BCUT2D eigenvalue weighted by molar-refractivity contribution is 5.82. The summed E-state index contributed by atoms with van der Waals surface area (Å²) in [6.07, 6.45) is 2.08. The predicted molar refractivity (Wildman–Crippen MR) is 48.9 cm³/mol. The van der Waals surface area contributed by atoms with Crippen LogP contribution in [0.5, 0.6) is 0 Å². The summed E-state index contributed by atoms with van der Waals surface area (Å²) >= 11 is 0. The van der Waals surface area contributed by atoms with Crippen LogP contribution in [0.3, 0.4) is 0 Å². The largest absolute Gasteiger partial charge is 0.422 e. The number of rotatable bonds is 2. The highest BCUT2D eigenvalue weighted by Crippen LogP contribution is 2.24. The molecule has 0 amide bonds. The van der Waals surface area contributed by atoms with Crippen LogP contribution in [-0.4, -0.2) is 21.5 Å². The Morgan fingerprint density at radius 3 is 2.79 bits per heavy atom. The first-order valence-electron chi connectivity index (χ1n) is 4.15. The number of aromatic nitrogens is 3. The van der Waals surface area contributed by atoms with Gasteiger partial charge in [0.2, 0.25) is 6.39 Å². The van der Waals surface area contributed by atoms with E-state index in [0.29, 0.717) is 17.1 Å². The molecular formula is C9H9N3O2. The molecule has 1 N–H and O–H groups in total. The highest BCUT2D eigenvalue weighted by atomic mass is 16.4. The number of nitrogens with zero attached hydrogens (tertiary/aromatic N) is 2. The van der Waals surface area contributed by atoms with Crippen LogP contribution in [0.25, 0.3) is 11.6 Å². The lowest BCUT2D eigenvalue weighted by molar-refractivity contribution is 0.112. The van der Waals surface area contributed by atoms with Crippen LogP contribution in [0.1, 0.15) is 21.6 Å². The Hall–Kier alpha value is -1.91. The number of hydrogen-bond donors (Lipinski definition) is 1. The van der Waals surface area contributed by atoms with Gasteiger partial charge in [0.1, 0.15) is 5.69 Å². The van der Waals surface area contributed by atoms with Gasteiger partial charge in [-0.2, -0.15) is 0 Å². The third-order valence-corrected chi connectivity index (χ3v) is 2.19. The van der Waals surface area contributed by atoms with Crippen LogP contribution >= 0.6 is 0 Å². The summed E-state index contributed by atoms with van der Waals surface area (Å²) in [6, 6.07) is 0. The molecule has 14 heavy (non-hydrogen) atoms. The first-order valence-corrected chi connectivity index (χ1v) is 4.15. The monoisotopic (exact) mass is 191 g/mol. The molecule has 0 fully saturated rings. The zero-order chi connectivity index (χ0) is 10.1. The van der Waals surface area contributed by atoms with Crippen molar-refractivity contribution in [3.05, 3.63) is 23.2 Å². The van der Waals surface area contributed by atoms with Crippen molar-refractivity contribution in [2.75, 3.05) is 0 Å². The maximum atomic E-state index is 10.7. The quantitative estimate of drug-likeness (QED) is 0.730. The van der Waals surface area contributed by atoms with Gasteiger partial charge in [0, 0.05) is 11.3 Å². The molecule has 0 atom stereocenters. The van der Waals surface area contributed by atoms with E-state index in [2.05, 4.69) is 15.2 Å². The molecule has 72 valence electrons. The van der Waals surface area contributed by atoms with Crippen molar-refractivity contribution in [1.29, 1.82) is 0 Å². The minimum Gasteiger partial charge on any atom is -0.422 e. The summed E-state index contributed by atoms with van der Waals surface area (Å²) in [5, 5.41) is 7.35. The van der Waals surface area contributed by atoms with Gasteiger partial charge >= 0.3 is 0 Å². The maximum Gasteiger partial charge on any atom is 0.264 e. The lowest BCUT2D eigenvalue weighted by atomic mass is 10.1. The Bertz CT molecular complexity index is 457. The third-order valence-electron chi connectivity index (χ3n) is 2.19. The topological polar surface area (TPSA) is 71.8 Å². The van der Waals surface area contributed by atoms with E-state index in [-0.39, 0.29) is 0 Å². The van der Waals surface area contributed by atoms with Crippen molar-refractivity contribution in [2.45, 2.75) is 13.8 Å². The zero-order valence-electron chi connectivity index (χ0n) is 7.87. The fourth-order valence-electron chi connectivity index (χ4n) is 1.44. The van der Waals surface area contributed by atoms with E-state index in [4.69, 9.17) is 4.42 Å². The van der Waals surface area contributed by atoms with Gasteiger partial charge in [-0.15, -0.1) is 10.2 Å². The maximum absolute atomic E-state index is 10.7. The molecule has 2 aromatic heterocycles. The summed E-state index contributed by atoms with van der Waals surface area (Å²) in [4.78, 5) is 13.8. The van der Waals surface area contributed by atoms with E-state index >= 15 is 0 Å². The molecule has 0 unspecified atom stereocenters. The fourth-order valence-corrected chi connectivity index (χ4v) is 1.44. The Labute approximate surface area is 80.2 Å². The minimum absolute atomic E-state index is 0.402. The van der Waals surface area contributed by atoms with Crippen molar-refractivity contribution in [1.82, 2.24) is 15.2 Å². The average Bonchev–Trinajstić information content (AvgIpc) is 2.74. The molecular weight excluding hydrogens is 182 g/mol. The summed E-state index contributed by atoms with van der Waals surface area (Å²) in [5.41, 5.74) is 3.01. The van der Waals surface area contributed by atoms with E-state index in [9.17, 15) is 4.79 Å². The lowest BCUT2D eigenvalue weighted by Gasteiger charge is -1.91. The first kappa shape index (κ1) is 8.68. The van der Waals surface area contributed by atoms with Crippen LogP contribution in [0, 0.1) is 13.8 Å². The molecule has 5 nitrogen and oxygen atoms in total. The number of aldehydes is 1. The molecule has 0 aliphatic carbocycles. The smallest absolute Gasteiger partial charge is 0.264 e. The summed E-state index contributed by atoms with van der Waals surface area (Å²) in [6.45, 7) is 3.67. The second-order valence-corrected chi connectivity index (χ2v) is 3.03. The van der Waals surface area contributed by atoms with Crippen molar-refractivity contribution in [3.8, 4) is 11.6 Å². The molecule has 0 saturated carbocycles. The van der Waals surface area contributed by atoms with E-state index in [0.717, 1.165) is 17.5 Å². The lowest BCUT2D eigenvalue weighted by Crippen LogP contribution is -1.83. The van der Waals surface area contributed by atoms with Crippen LogP contribution in [0.4, 0.5) is 0 Å². The Balaban J connectivity index is 2.61. The van der Waals surface area contributed by atoms with Gasteiger partial charge in [0.05, 0.1) is 0 Å².